The van der Waals surface area contributed by atoms with Gasteiger partial charge in [0.15, 0.2) is 0 Å². The molecule has 5 nitrogen and oxygen atoms in total. The number of hydrogen-bond acceptors (Lipinski definition) is 5. The molecule has 0 aliphatic heterocycles. The molecule has 0 aliphatic carbocycles. The minimum absolute atomic E-state index is 0. The molecule has 0 fully saturated rings. The minimum Gasteiger partial charge on any atom is -0.497 e. The molecule has 0 saturated carbocycles. The Bertz CT molecular complexity index is 740. The average molecular weight is 526 g/mol. The van der Waals surface area contributed by atoms with Crippen molar-refractivity contribution in [2.45, 2.75) is 25.7 Å². The summed E-state index contributed by atoms with van der Waals surface area (Å²) in [7, 11) is 2.98. The molecule has 0 bridgehead atoms. The van der Waals surface area contributed by atoms with E-state index in [1.165, 1.54) is 14.0 Å². The van der Waals surface area contributed by atoms with E-state index in [2.05, 4.69) is 0 Å². The Morgan fingerprint density at radius 2 is 1.35 bits per heavy atom. The van der Waals surface area contributed by atoms with Crippen LogP contribution in [-0.2, 0) is 40.8 Å². The van der Waals surface area contributed by atoms with Crippen LogP contribution in [-0.4, -0.2) is 26.2 Å². The molecular weight excluding hydrogens is 504 g/mol. The number of carbonyl (C=O) groups excluding carboxylic acids is 2. The van der Waals surface area contributed by atoms with E-state index >= 15 is 0 Å². The van der Waals surface area contributed by atoms with Crippen molar-refractivity contribution in [2.75, 3.05) is 14.2 Å². The summed E-state index contributed by atoms with van der Waals surface area (Å²) < 4.78 is 15.2. The van der Waals surface area contributed by atoms with Crippen molar-refractivity contribution >= 4 is 11.9 Å². The van der Waals surface area contributed by atoms with Crippen LogP contribution in [0.5, 0.6) is 11.5 Å². The molecule has 0 aromatic heterocycles. The first-order chi connectivity index (χ1) is 11.9. The summed E-state index contributed by atoms with van der Waals surface area (Å²) in [4.78, 5) is 23.1. The second-order valence-corrected chi connectivity index (χ2v) is 5.93. The number of benzene rings is 2. The zero-order valence-corrected chi connectivity index (χ0v) is 18.2. The van der Waals surface area contributed by atoms with Crippen molar-refractivity contribution in [1.29, 1.82) is 0 Å². The predicted octanol–water partition coefficient (Wildman–Crippen LogP) is 3.49. The molecule has 0 aliphatic rings. The largest absolute Gasteiger partial charge is 0.497 e. The van der Waals surface area contributed by atoms with Gasteiger partial charge in [0.2, 0.25) is 0 Å². The van der Waals surface area contributed by atoms with E-state index in [9.17, 15) is 9.59 Å². The maximum absolute atomic E-state index is 12.0. The molecule has 2 aromatic carbocycles. The molecule has 26 heavy (non-hydrogen) atoms. The van der Waals surface area contributed by atoms with E-state index in [0.717, 1.165) is 16.9 Å². The third kappa shape index (κ3) is 5.18. The Balaban J connectivity index is 0.00000338. The summed E-state index contributed by atoms with van der Waals surface area (Å²) in [6.07, 6.45) is 0.183. The topological polar surface area (TPSA) is 61.8 Å². The first-order valence-electron chi connectivity index (χ1n) is 7.89. The second kappa shape index (κ2) is 9.53. The third-order valence-corrected chi connectivity index (χ3v) is 4.21. The number of rotatable bonds is 6. The molecule has 0 radical (unpaired) electrons. The maximum Gasteiger partial charge on any atom is 0.308 e. The molecule has 2 aromatic rings. The van der Waals surface area contributed by atoms with Gasteiger partial charge in [-0.2, -0.15) is 0 Å². The first kappa shape index (κ1) is 21.9. The van der Waals surface area contributed by atoms with Gasteiger partial charge < -0.3 is 14.2 Å². The second-order valence-electron chi connectivity index (χ2n) is 5.93. The van der Waals surface area contributed by atoms with Crippen molar-refractivity contribution in [3.63, 3.8) is 0 Å². The molecule has 0 amide bonds. The monoisotopic (exact) mass is 526 g/mol. The molecule has 1 unspecified atom stereocenters. The fraction of sp³-hybridized carbons (Fsp3) is 0.300. The van der Waals surface area contributed by atoms with Gasteiger partial charge in [-0.15, -0.1) is 0 Å². The van der Waals surface area contributed by atoms with Crippen LogP contribution in [0.2, 0.25) is 0 Å². The summed E-state index contributed by atoms with van der Waals surface area (Å²) in [6, 6.07) is 14.7. The molecule has 0 saturated heterocycles. The van der Waals surface area contributed by atoms with Gasteiger partial charge in [0.25, 0.3) is 0 Å². The van der Waals surface area contributed by atoms with E-state index in [1.54, 1.807) is 19.2 Å². The number of ether oxygens (including phenoxy) is 3. The zero-order valence-electron chi connectivity index (χ0n) is 15.3. The minimum atomic E-state index is -0.589. The summed E-state index contributed by atoms with van der Waals surface area (Å²) >= 11 is 0. The molecule has 1 atom stereocenters. The molecule has 0 N–H and O–H groups in total. The fourth-order valence-corrected chi connectivity index (χ4v) is 2.75. The van der Waals surface area contributed by atoms with Crippen LogP contribution in [0.15, 0.2) is 48.5 Å². The normalized spacial score (nSPS) is 12.3. The molecular formula is C20H22O5W. The van der Waals surface area contributed by atoms with Crippen molar-refractivity contribution in [1.82, 2.24) is 0 Å². The van der Waals surface area contributed by atoms with Gasteiger partial charge in [-0.3, -0.25) is 9.59 Å². The first-order valence-corrected chi connectivity index (χ1v) is 7.89. The van der Waals surface area contributed by atoms with Crippen LogP contribution in [0.25, 0.3) is 0 Å². The Morgan fingerprint density at radius 1 is 0.885 bits per heavy atom. The van der Waals surface area contributed by atoms with Gasteiger partial charge in [-0.05, 0) is 35.4 Å². The van der Waals surface area contributed by atoms with E-state index in [-0.39, 0.29) is 39.4 Å². The average Bonchev–Trinajstić information content (AvgIpc) is 2.61. The van der Waals surface area contributed by atoms with Gasteiger partial charge in [-0.25, -0.2) is 0 Å². The molecule has 0 spiro atoms. The summed E-state index contributed by atoms with van der Waals surface area (Å²) in [6.45, 7) is 3.33. The fourth-order valence-electron chi connectivity index (χ4n) is 2.75. The quantitative estimate of drug-likeness (QED) is 0.427. The van der Waals surface area contributed by atoms with Gasteiger partial charge in [0.05, 0.1) is 20.6 Å². The Hall–Kier alpha value is -2.13. The van der Waals surface area contributed by atoms with Crippen molar-refractivity contribution in [2.24, 2.45) is 0 Å². The third-order valence-electron chi connectivity index (χ3n) is 4.21. The smallest absolute Gasteiger partial charge is 0.308 e. The Labute approximate surface area is 167 Å². The van der Waals surface area contributed by atoms with E-state index in [0.29, 0.717) is 5.75 Å². The maximum atomic E-state index is 12.0. The van der Waals surface area contributed by atoms with Crippen LogP contribution >= 0.6 is 0 Å². The Kier molecular flexibility index (Phi) is 8.03. The predicted molar refractivity (Wildman–Crippen MR) is 93.8 cm³/mol. The van der Waals surface area contributed by atoms with E-state index < -0.39 is 5.41 Å². The van der Waals surface area contributed by atoms with Gasteiger partial charge >= 0.3 is 11.9 Å². The summed E-state index contributed by atoms with van der Waals surface area (Å²) in [5, 5.41) is 0. The van der Waals surface area contributed by atoms with Crippen LogP contribution in [0.4, 0.5) is 0 Å². The van der Waals surface area contributed by atoms with Crippen LogP contribution in [0, 0.1) is 0 Å². The van der Waals surface area contributed by atoms with E-state index in [4.69, 9.17) is 14.2 Å². The van der Waals surface area contributed by atoms with Gasteiger partial charge in [0, 0.05) is 33.4 Å². The molecule has 0 heterocycles. The number of methoxy groups -OCH3 is 2. The summed E-state index contributed by atoms with van der Waals surface area (Å²) in [5.74, 6) is 0.531. The van der Waals surface area contributed by atoms with Crippen molar-refractivity contribution in [3.05, 3.63) is 59.7 Å². The molecule has 2 rings (SSSR count). The summed E-state index contributed by atoms with van der Waals surface area (Å²) in [5.41, 5.74) is 1.28. The van der Waals surface area contributed by atoms with Crippen LogP contribution in [0.1, 0.15) is 31.4 Å². The zero-order chi connectivity index (χ0) is 18.4. The number of hydrogen-bond donors (Lipinski definition) is 0. The van der Waals surface area contributed by atoms with Crippen LogP contribution < -0.4 is 9.47 Å². The van der Waals surface area contributed by atoms with Gasteiger partial charge in [-0.1, -0.05) is 31.2 Å². The van der Waals surface area contributed by atoms with Crippen molar-refractivity contribution < 1.29 is 44.9 Å². The molecule has 138 valence electrons. The SMILES string of the molecule is COC(=O)CC(C)(c1ccc(OC)cc1)c1ccc(OC(C)=O)cc1.[W]. The standard InChI is InChI=1S/C20H22O5.W/c1-14(21)25-18-11-7-16(8-12-18)20(2,13-19(22)24-4)15-5-9-17(23-3)10-6-15;/h5-12H,13H2,1-4H3;. The van der Waals surface area contributed by atoms with Crippen LogP contribution in [0.3, 0.4) is 0 Å². The van der Waals surface area contributed by atoms with Gasteiger partial charge in [0.1, 0.15) is 11.5 Å². The number of esters is 2. The molecule has 6 heteroatoms. The number of carbonyl (C=O) groups is 2. The van der Waals surface area contributed by atoms with E-state index in [1.807, 2.05) is 43.3 Å². The van der Waals surface area contributed by atoms with Crippen molar-refractivity contribution in [3.8, 4) is 11.5 Å². The Morgan fingerprint density at radius 3 is 1.73 bits per heavy atom.